The number of benzene rings is 2. The molecule has 1 N–H and O–H groups in total. The first-order chi connectivity index (χ1) is 14.1. The Morgan fingerprint density at radius 3 is 2.83 bits per heavy atom. The third-order valence-corrected chi connectivity index (χ3v) is 5.51. The van der Waals surface area contributed by atoms with E-state index in [0.29, 0.717) is 16.3 Å². The van der Waals surface area contributed by atoms with Gasteiger partial charge in [0.2, 0.25) is 5.91 Å². The van der Waals surface area contributed by atoms with Gasteiger partial charge in [0, 0.05) is 27.9 Å². The standard InChI is InChI=1S/C21H15ClN4O2S/c1-28-17-6-3-13(4-7-17)19-11-26-16(12-29-21(26)25-19)9-20(27)24-18-8-15(22)5-2-14(18)10-23/h2-8,11-12H,9H2,1H3,(H,24,27). The van der Waals surface area contributed by atoms with E-state index in [4.69, 9.17) is 16.3 Å². The molecule has 1 amide bonds. The summed E-state index contributed by atoms with van der Waals surface area (Å²) in [7, 11) is 1.63. The normalized spacial score (nSPS) is 10.7. The van der Waals surface area contributed by atoms with Crippen LogP contribution in [0.4, 0.5) is 5.69 Å². The number of nitriles is 1. The van der Waals surface area contributed by atoms with Crippen LogP contribution in [0.3, 0.4) is 0 Å². The lowest BCUT2D eigenvalue weighted by atomic mass is 10.1. The average molecular weight is 423 g/mol. The molecule has 2 heterocycles. The van der Waals surface area contributed by atoms with Gasteiger partial charge >= 0.3 is 0 Å². The zero-order chi connectivity index (χ0) is 20.4. The Hall–Kier alpha value is -3.34. The lowest BCUT2D eigenvalue weighted by Gasteiger charge is -2.07. The maximum Gasteiger partial charge on any atom is 0.230 e. The van der Waals surface area contributed by atoms with Crippen molar-refractivity contribution in [1.29, 1.82) is 5.26 Å². The number of anilines is 1. The Labute approximate surface area is 176 Å². The van der Waals surface area contributed by atoms with Crippen molar-refractivity contribution >= 4 is 39.5 Å². The molecule has 6 nitrogen and oxygen atoms in total. The van der Waals surface area contributed by atoms with Crippen molar-refractivity contribution in [2.24, 2.45) is 0 Å². The molecule has 144 valence electrons. The zero-order valence-corrected chi connectivity index (χ0v) is 16.9. The number of rotatable bonds is 5. The summed E-state index contributed by atoms with van der Waals surface area (Å²) < 4.78 is 7.10. The number of nitrogens with zero attached hydrogens (tertiary/aromatic N) is 3. The van der Waals surface area contributed by atoms with E-state index in [-0.39, 0.29) is 12.3 Å². The number of carbonyl (C=O) groups is 1. The van der Waals surface area contributed by atoms with Crippen molar-refractivity contribution < 1.29 is 9.53 Å². The third-order valence-electron chi connectivity index (χ3n) is 4.39. The minimum atomic E-state index is -0.233. The van der Waals surface area contributed by atoms with E-state index in [1.807, 2.05) is 40.2 Å². The van der Waals surface area contributed by atoms with Gasteiger partial charge in [0.25, 0.3) is 0 Å². The van der Waals surface area contributed by atoms with Gasteiger partial charge in [-0.3, -0.25) is 9.20 Å². The van der Waals surface area contributed by atoms with Crippen molar-refractivity contribution in [1.82, 2.24) is 9.38 Å². The fourth-order valence-electron chi connectivity index (χ4n) is 2.93. The van der Waals surface area contributed by atoms with Gasteiger partial charge in [-0.25, -0.2) is 4.98 Å². The van der Waals surface area contributed by atoms with Crippen molar-refractivity contribution in [2.75, 3.05) is 12.4 Å². The van der Waals surface area contributed by atoms with Gasteiger partial charge in [-0.2, -0.15) is 5.26 Å². The molecule has 4 aromatic rings. The monoisotopic (exact) mass is 422 g/mol. The van der Waals surface area contributed by atoms with Crippen LogP contribution in [0, 0.1) is 11.3 Å². The fraction of sp³-hybridized carbons (Fsp3) is 0.0952. The highest BCUT2D eigenvalue weighted by atomic mass is 35.5. The summed E-state index contributed by atoms with van der Waals surface area (Å²) in [5, 5.41) is 14.3. The molecule has 0 fully saturated rings. The molecule has 0 atom stereocenters. The molecular formula is C21H15ClN4O2S. The molecule has 29 heavy (non-hydrogen) atoms. The van der Waals surface area contributed by atoms with Crippen LogP contribution in [0.5, 0.6) is 5.75 Å². The number of imidazole rings is 1. The molecule has 2 aromatic carbocycles. The molecule has 0 bridgehead atoms. The average Bonchev–Trinajstić information content (AvgIpc) is 3.30. The number of hydrogen-bond donors (Lipinski definition) is 1. The number of halogens is 1. The third kappa shape index (κ3) is 3.94. The van der Waals surface area contributed by atoms with E-state index in [2.05, 4.69) is 16.4 Å². The predicted octanol–water partition coefficient (Wildman–Crippen LogP) is 4.78. The Morgan fingerprint density at radius 2 is 2.10 bits per heavy atom. The first-order valence-electron chi connectivity index (χ1n) is 8.67. The fourth-order valence-corrected chi connectivity index (χ4v) is 3.98. The summed E-state index contributed by atoms with van der Waals surface area (Å²) in [6, 6.07) is 14.5. The van der Waals surface area contributed by atoms with Gasteiger partial charge in [0.05, 0.1) is 30.5 Å². The first-order valence-corrected chi connectivity index (χ1v) is 9.92. The number of amides is 1. The van der Waals surface area contributed by atoms with E-state index < -0.39 is 0 Å². The zero-order valence-electron chi connectivity index (χ0n) is 15.3. The van der Waals surface area contributed by atoms with E-state index in [0.717, 1.165) is 27.7 Å². The number of carbonyl (C=O) groups excluding carboxylic acids is 1. The van der Waals surface area contributed by atoms with E-state index in [9.17, 15) is 10.1 Å². The summed E-state index contributed by atoms with van der Waals surface area (Å²) >= 11 is 7.45. The van der Waals surface area contributed by atoms with Gasteiger partial charge in [-0.1, -0.05) is 11.6 Å². The number of aromatic nitrogens is 2. The van der Waals surface area contributed by atoms with E-state index in [1.165, 1.54) is 11.3 Å². The lowest BCUT2D eigenvalue weighted by Crippen LogP contribution is -2.16. The number of fused-ring (bicyclic) bond motifs is 1. The molecule has 4 rings (SSSR count). The maximum atomic E-state index is 12.5. The van der Waals surface area contributed by atoms with Gasteiger partial charge in [0.15, 0.2) is 4.96 Å². The number of hydrogen-bond acceptors (Lipinski definition) is 5. The molecule has 0 saturated heterocycles. The highest BCUT2D eigenvalue weighted by molar-refractivity contribution is 7.15. The highest BCUT2D eigenvalue weighted by Gasteiger charge is 2.14. The molecule has 0 aliphatic carbocycles. The summed E-state index contributed by atoms with van der Waals surface area (Å²) in [6.07, 6.45) is 2.06. The van der Waals surface area contributed by atoms with Gasteiger partial charge in [0.1, 0.15) is 11.8 Å². The number of nitrogens with one attached hydrogen (secondary N) is 1. The van der Waals surface area contributed by atoms with Gasteiger partial charge in [-0.05, 0) is 42.5 Å². The summed E-state index contributed by atoms with van der Waals surface area (Å²) in [6.45, 7) is 0. The molecule has 2 aromatic heterocycles. The molecule has 0 radical (unpaired) electrons. The van der Waals surface area contributed by atoms with Crippen LogP contribution in [0.15, 0.2) is 54.0 Å². The predicted molar refractivity (Wildman–Crippen MR) is 114 cm³/mol. The van der Waals surface area contributed by atoms with Crippen molar-refractivity contribution in [3.05, 3.63) is 70.3 Å². The van der Waals surface area contributed by atoms with Crippen LogP contribution in [0.25, 0.3) is 16.2 Å². The maximum absolute atomic E-state index is 12.5. The molecular weight excluding hydrogens is 408 g/mol. The minimum absolute atomic E-state index is 0.149. The quantitative estimate of drug-likeness (QED) is 0.502. The van der Waals surface area contributed by atoms with Crippen LogP contribution in [0.2, 0.25) is 5.02 Å². The number of ether oxygens (including phenoxy) is 1. The summed E-state index contributed by atoms with van der Waals surface area (Å²) in [4.78, 5) is 18.0. The second-order valence-electron chi connectivity index (χ2n) is 6.26. The number of thiazole rings is 1. The Kier molecular flexibility index (Phi) is 5.21. The van der Waals surface area contributed by atoms with Gasteiger partial charge in [-0.15, -0.1) is 11.3 Å². The number of methoxy groups -OCH3 is 1. The Morgan fingerprint density at radius 1 is 1.31 bits per heavy atom. The molecule has 0 spiro atoms. The van der Waals surface area contributed by atoms with Gasteiger partial charge < -0.3 is 10.1 Å². The topological polar surface area (TPSA) is 79.4 Å². The van der Waals surface area contributed by atoms with Crippen LogP contribution in [-0.4, -0.2) is 22.4 Å². The molecule has 8 heteroatoms. The smallest absolute Gasteiger partial charge is 0.230 e. The van der Waals surface area contributed by atoms with E-state index >= 15 is 0 Å². The molecule has 0 unspecified atom stereocenters. The molecule has 0 aliphatic rings. The second kappa shape index (κ2) is 7.95. The van der Waals surface area contributed by atoms with Crippen LogP contribution >= 0.6 is 22.9 Å². The highest BCUT2D eigenvalue weighted by Crippen LogP contribution is 2.26. The SMILES string of the molecule is COc1ccc(-c2cn3c(CC(=O)Nc4cc(Cl)ccc4C#N)csc3n2)cc1. The lowest BCUT2D eigenvalue weighted by molar-refractivity contribution is -0.115. The van der Waals surface area contributed by atoms with Crippen LogP contribution in [0.1, 0.15) is 11.3 Å². The summed E-state index contributed by atoms with van der Waals surface area (Å²) in [5.74, 6) is 0.549. The summed E-state index contributed by atoms with van der Waals surface area (Å²) in [5.41, 5.74) is 3.37. The molecule has 0 aliphatic heterocycles. The van der Waals surface area contributed by atoms with Crippen molar-refractivity contribution in [2.45, 2.75) is 6.42 Å². The first kappa shape index (κ1) is 19.0. The van der Waals surface area contributed by atoms with Crippen molar-refractivity contribution in [3.63, 3.8) is 0 Å². The largest absolute Gasteiger partial charge is 0.497 e. The van der Waals surface area contributed by atoms with Crippen LogP contribution in [-0.2, 0) is 11.2 Å². The minimum Gasteiger partial charge on any atom is -0.497 e. The van der Waals surface area contributed by atoms with Crippen molar-refractivity contribution in [3.8, 4) is 23.1 Å². The molecule has 0 saturated carbocycles. The second-order valence-corrected chi connectivity index (χ2v) is 7.53. The Balaban J connectivity index is 1.55. The van der Waals surface area contributed by atoms with E-state index in [1.54, 1.807) is 25.3 Å². The Bertz CT molecular complexity index is 1240. The van der Waals surface area contributed by atoms with Crippen LogP contribution < -0.4 is 10.1 Å².